The third kappa shape index (κ3) is 4.81. The van der Waals surface area contributed by atoms with Crippen molar-refractivity contribution in [2.45, 2.75) is 26.2 Å². The molecule has 116 valence electrons. The number of carboxylic acid groups (broad SMARTS) is 1. The first-order valence-corrected chi connectivity index (χ1v) is 9.45. The summed E-state index contributed by atoms with van der Waals surface area (Å²) in [4.78, 5) is 22.4. The zero-order valence-corrected chi connectivity index (χ0v) is 18.0. The number of hydrogen-bond donors (Lipinski definition) is 3. The molecule has 0 aromatic heterocycles. The topological polar surface area (TPSA) is 78.4 Å². The van der Waals surface area contributed by atoms with Gasteiger partial charge in [-0.1, -0.05) is 6.92 Å². The van der Waals surface area contributed by atoms with E-state index in [1.165, 1.54) is 5.56 Å². The molecule has 0 aliphatic rings. The number of carbonyl (C=O) groups excluding carboxylic acids is 1. The summed E-state index contributed by atoms with van der Waals surface area (Å²) in [6, 6.07) is 0. The van der Waals surface area contributed by atoms with Crippen molar-refractivity contribution in [3.8, 4) is 0 Å². The molecule has 0 saturated carbocycles. The molecule has 1 rings (SSSR count). The van der Waals surface area contributed by atoms with Gasteiger partial charge in [-0.25, -0.2) is 0 Å². The average Bonchev–Trinajstić information content (AvgIpc) is 2.42. The molecule has 0 heterocycles. The Morgan fingerprint density at radius 2 is 1.62 bits per heavy atom. The molecule has 21 heavy (non-hydrogen) atoms. The number of halogens is 3. The highest BCUT2D eigenvalue weighted by atomic mass is 127. The smallest absolute Gasteiger partial charge is 0.303 e. The van der Waals surface area contributed by atoms with E-state index in [0.717, 1.165) is 28.5 Å². The van der Waals surface area contributed by atoms with Crippen LogP contribution in [0.1, 0.15) is 25.3 Å². The predicted octanol–water partition coefficient (Wildman–Crippen LogP) is 3.91. The summed E-state index contributed by atoms with van der Waals surface area (Å²) in [5.41, 5.74) is 2.92. The van der Waals surface area contributed by atoms with Crippen LogP contribution >= 0.6 is 67.8 Å². The Balaban J connectivity index is 3.17. The van der Waals surface area contributed by atoms with Gasteiger partial charge in [-0.05, 0) is 79.8 Å². The van der Waals surface area contributed by atoms with Crippen molar-refractivity contribution < 1.29 is 14.7 Å². The van der Waals surface area contributed by atoms with E-state index in [1.54, 1.807) is 0 Å². The minimum Gasteiger partial charge on any atom is -0.481 e. The third-order valence-electron chi connectivity index (χ3n) is 2.84. The van der Waals surface area contributed by atoms with Crippen molar-refractivity contribution in [3.05, 3.63) is 16.3 Å². The lowest BCUT2D eigenvalue weighted by atomic mass is 10.1. The first kappa shape index (κ1) is 19.2. The summed E-state index contributed by atoms with van der Waals surface area (Å²) >= 11 is 6.73. The summed E-state index contributed by atoms with van der Waals surface area (Å²) in [5.74, 6) is -1.25. The number of hydrogen-bond acceptors (Lipinski definition) is 3. The number of amides is 1. The largest absolute Gasteiger partial charge is 0.481 e. The minimum absolute atomic E-state index is 0.0240. The van der Waals surface area contributed by atoms with Gasteiger partial charge in [-0.2, -0.15) is 0 Å². The zero-order valence-electron chi connectivity index (χ0n) is 11.5. The van der Waals surface area contributed by atoms with Crippen LogP contribution < -0.4 is 10.6 Å². The Morgan fingerprint density at radius 1 is 1.05 bits per heavy atom. The van der Waals surface area contributed by atoms with Crippen LogP contribution in [0.2, 0.25) is 0 Å². The Labute approximate surface area is 164 Å². The second kappa shape index (κ2) is 8.70. The van der Waals surface area contributed by atoms with Crippen molar-refractivity contribution in [2.24, 2.45) is 0 Å². The van der Waals surface area contributed by atoms with Crippen molar-refractivity contribution in [1.82, 2.24) is 0 Å². The van der Waals surface area contributed by atoms with E-state index >= 15 is 0 Å². The van der Waals surface area contributed by atoms with Crippen LogP contribution in [0.25, 0.3) is 0 Å². The Hall–Kier alpha value is 0.150. The van der Waals surface area contributed by atoms with E-state index in [-0.39, 0.29) is 18.7 Å². The van der Waals surface area contributed by atoms with Gasteiger partial charge in [0.1, 0.15) is 0 Å². The number of aliphatic carboxylic acids is 1. The molecule has 0 fully saturated rings. The highest BCUT2D eigenvalue weighted by Gasteiger charge is 2.20. The fraction of sp³-hybridized carbons (Fsp3) is 0.385. The predicted molar refractivity (Wildman–Crippen MR) is 109 cm³/mol. The number of nitrogens with one attached hydrogen (secondary N) is 2. The molecule has 0 aliphatic heterocycles. The van der Waals surface area contributed by atoms with Crippen LogP contribution in [-0.4, -0.2) is 24.0 Å². The van der Waals surface area contributed by atoms with Crippen molar-refractivity contribution in [3.63, 3.8) is 0 Å². The van der Waals surface area contributed by atoms with E-state index in [4.69, 9.17) is 5.11 Å². The van der Waals surface area contributed by atoms with Crippen LogP contribution in [0.4, 0.5) is 11.4 Å². The Morgan fingerprint density at radius 3 is 2.10 bits per heavy atom. The highest BCUT2D eigenvalue weighted by Crippen LogP contribution is 2.38. The summed E-state index contributed by atoms with van der Waals surface area (Å²) in [5, 5.41) is 14.7. The van der Waals surface area contributed by atoms with Crippen molar-refractivity contribution >= 4 is 91.0 Å². The van der Waals surface area contributed by atoms with Crippen molar-refractivity contribution in [2.75, 3.05) is 17.7 Å². The highest BCUT2D eigenvalue weighted by molar-refractivity contribution is 14.1. The number of carboxylic acids is 1. The molecule has 0 aliphatic carbocycles. The molecule has 0 unspecified atom stereocenters. The molecule has 0 bridgehead atoms. The monoisotopic (exact) mass is 628 g/mol. The first-order chi connectivity index (χ1) is 9.83. The standard InChI is InChI=1S/C13H15I3N2O3/c1-3-6-9(14)12(17-2)11(16)13(10(6)15)18-7(19)4-5-8(20)21/h17H,3-5H2,1-2H3,(H,18,19)(H,20,21). The van der Waals surface area contributed by atoms with Gasteiger partial charge >= 0.3 is 5.97 Å². The Bertz CT molecular complexity index is 545. The fourth-order valence-corrected chi connectivity index (χ4v) is 6.52. The van der Waals surface area contributed by atoms with Crippen LogP contribution in [0, 0.1) is 10.7 Å². The molecule has 8 heteroatoms. The number of benzene rings is 1. The maximum atomic E-state index is 11.9. The minimum atomic E-state index is -0.970. The van der Waals surface area contributed by atoms with Crippen LogP contribution in [0.3, 0.4) is 0 Å². The van der Waals surface area contributed by atoms with E-state index in [0.29, 0.717) is 0 Å². The molecule has 0 spiro atoms. The van der Waals surface area contributed by atoms with E-state index in [1.807, 2.05) is 7.05 Å². The van der Waals surface area contributed by atoms with Crippen LogP contribution in [-0.2, 0) is 16.0 Å². The summed E-state index contributed by atoms with van der Waals surface area (Å²) in [7, 11) is 1.85. The van der Waals surface area contributed by atoms with Gasteiger partial charge in [0, 0.05) is 20.6 Å². The molecule has 1 aromatic carbocycles. The van der Waals surface area contributed by atoms with Crippen molar-refractivity contribution in [1.29, 1.82) is 0 Å². The SMILES string of the molecule is CCc1c(I)c(NC)c(I)c(NC(=O)CCC(=O)O)c1I. The summed E-state index contributed by atoms with van der Waals surface area (Å²) in [6.07, 6.45) is 0.673. The number of anilines is 2. The second-order valence-corrected chi connectivity index (χ2v) is 7.45. The number of rotatable bonds is 6. The Kier molecular flexibility index (Phi) is 7.95. The van der Waals surface area contributed by atoms with Gasteiger partial charge in [-0.15, -0.1) is 0 Å². The lowest BCUT2D eigenvalue weighted by molar-refractivity contribution is -0.138. The molecular formula is C13H15I3N2O3. The van der Waals surface area contributed by atoms with Gasteiger partial charge in [0.05, 0.1) is 21.4 Å². The molecule has 1 aromatic rings. The van der Waals surface area contributed by atoms with E-state index < -0.39 is 5.97 Å². The average molecular weight is 628 g/mol. The van der Waals surface area contributed by atoms with Gasteiger partial charge < -0.3 is 15.7 Å². The van der Waals surface area contributed by atoms with Crippen LogP contribution in [0.15, 0.2) is 0 Å². The normalized spacial score (nSPS) is 10.3. The molecule has 5 nitrogen and oxygen atoms in total. The molecule has 3 N–H and O–H groups in total. The fourth-order valence-electron chi connectivity index (χ4n) is 1.78. The quantitative estimate of drug-likeness (QED) is 0.418. The van der Waals surface area contributed by atoms with Gasteiger partial charge in [0.2, 0.25) is 5.91 Å². The lowest BCUT2D eigenvalue weighted by Gasteiger charge is -2.19. The second-order valence-electron chi connectivity index (χ2n) is 4.22. The molecule has 0 radical (unpaired) electrons. The van der Waals surface area contributed by atoms with E-state index in [2.05, 4.69) is 85.3 Å². The van der Waals surface area contributed by atoms with Crippen LogP contribution in [0.5, 0.6) is 0 Å². The lowest BCUT2D eigenvalue weighted by Crippen LogP contribution is -2.17. The summed E-state index contributed by atoms with van der Waals surface area (Å²) in [6.45, 7) is 2.07. The molecular weight excluding hydrogens is 613 g/mol. The first-order valence-electron chi connectivity index (χ1n) is 6.22. The van der Waals surface area contributed by atoms with Gasteiger partial charge in [0.15, 0.2) is 0 Å². The zero-order chi connectivity index (χ0) is 16.2. The van der Waals surface area contributed by atoms with E-state index in [9.17, 15) is 9.59 Å². The van der Waals surface area contributed by atoms with Gasteiger partial charge in [-0.3, -0.25) is 9.59 Å². The van der Waals surface area contributed by atoms with Gasteiger partial charge in [0.25, 0.3) is 0 Å². The molecule has 0 saturated heterocycles. The molecule has 0 atom stereocenters. The summed E-state index contributed by atoms with van der Waals surface area (Å²) < 4.78 is 3.09. The maximum Gasteiger partial charge on any atom is 0.303 e. The third-order valence-corrected chi connectivity index (χ3v) is 6.30. The maximum absolute atomic E-state index is 11.9. The number of carbonyl (C=O) groups is 2. The molecule has 1 amide bonds.